The van der Waals surface area contributed by atoms with Crippen molar-refractivity contribution in [1.82, 2.24) is 14.5 Å². The Labute approximate surface area is 114 Å². The van der Waals surface area contributed by atoms with E-state index in [1.54, 1.807) is 24.6 Å². The van der Waals surface area contributed by atoms with Crippen LogP contribution in [-0.4, -0.2) is 21.6 Å². The normalized spacial score (nSPS) is 11.1. The highest BCUT2D eigenvalue weighted by atomic mass is 32.1. The predicted octanol–water partition coefficient (Wildman–Crippen LogP) is 2.69. The predicted molar refractivity (Wildman–Crippen MR) is 77.2 cm³/mol. The van der Waals surface area contributed by atoms with Crippen LogP contribution in [0.25, 0.3) is 16.0 Å². The molecule has 98 valence electrons. The van der Waals surface area contributed by atoms with Crippen LogP contribution in [0.4, 0.5) is 5.82 Å². The van der Waals surface area contributed by atoms with Crippen molar-refractivity contribution < 1.29 is 4.74 Å². The first-order valence-electron chi connectivity index (χ1n) is 5.85. The number of hydrogen-bond acceptors (Lipinski definition) is 5. The maximum Gasteiger partial charge on any atom is 0.150 e. The summed E-state index contributed by atoms with van der Waals surface area (Å²) in [5.41, 5.74) is 8.01. The molecule has 0 radical (unpaired) electrons. The van der Waals surface area contributed by atoms with Gasteiger partial charge in [-0.1, -0.05) is 0 Å². The van der Waals surface area contributed by atoms with Gasteiger partial charge in [0.25, 0.3) is 0 Å². The Balaban J connectivity index is 2.32. The highest BCUT2D eigenvalue weighted by Gasteiger charge is 2.16. The van der Waals surface area contributed by atoms with Crippen molar-refractivity contribution in [2.24, 2.45) is 0 Å². The second-order valence-electron chi connectivity index (χ2n) is 4.34. The molecule has 0 aliphatic rings. The van der Waals surface area contributed by atoms with Gasteiger partial charge in [0.15, 0.2) is 5.65 Å². The van der Waals surface area contributed by atoms with E-state index in [2.05, 4.69) is 9.97 Å². The molecule has 0 unspecified atom stereocenters. The summed E-state index contributed by atoms with van der Waals surface area (Å²) in [6.07, 6.45) is 1.80. The van der Waals surface area contributed by atoms with Crippen molar-refractivity contribution >= 4 is 28.2 Å². The summed E-state index contributed by atoms with van der Waals surface area (Å²) in [5, 5.41) is 3.95. The molecule has 3 aromatic rings. The largest absolute Gasteiger partial charge is 0.496 e. The van der Waals surface area contributed by atoms with E-state index >= 15 is 0 Å². The number of ether oxygens (including phenoxy) is 1. The van der Waals surface area contributed by atoms with Gasteiger partial charge in [-0.3, -0.25) is 4.57 Å². The van der Waals surface area contributed by atoms with Crippen molar-refractivity contribution in [3.05, 3.63) is 29.0 Å². The monoisotopic (exact) mass is 274 g/mol. The Morgan fingerprint density at radius 3 is 2.84 bits per heavy atom. The van der Waals surface area contributed by atoms with Gasteiger partial charge in [0.1, 0.15) is 22.4 Å². The lowest BCUT2D eigenvalue weighted by Crippen LogP contribution is -2.01. The Morgan fingerprint density at radius 1 is 1.37 bits per heavy atom. The van der Waals surface area contributed by atoms with Crippen molar-refractivity contribution in [3.63, 3.8) is 0 Å². The zero-order valence-corrected chi connectivity index (χ0v) is 11.8. The van der Waals surface area contributed by atoms with E-state index in [1.165, 1.54) is 0 Å². The molecule has 0 aromatic carbocycles. The van der Waals surface area contributed by atoms with Crippen LogP contribution in [0.5, 0.6) is 5.75 Å². The average molecular weight is 274 g/mol. The van der Waals surface area contributed by atoms with Crippen LogP contribution in [-0.2, 0) is 0 Å². The lowest BCUT2D eigenvalue weighted by Gasteiger charge is -2.06. The Kier molecular flexibility index (Phi) is 2.67. The van der Waals surface area contributed by atoms with Gasteiger partial charge >= 0.3 is 0 Å². The Bertz CT molecular complexity index is 759. The second kappa shape index (κ2) is 4.24. The maximum absolute atomic E-state index is 6.12. The minimum Gasteiger partial charge on any atom is -0.496 e. The van der Waals surface area contributed by atoms with Gasteiger partial charge in [-0.05, 0) is 19.9 Å². The van der Waals surface area contributed by atoms with Gasteiger partial charge in [0.05, 0.1) is 7.11 Å². The van der Waals surface area contributed by atoms with E-state index in [1.807, 2.05) is 29.9 Å². The van der Waals surface area contributed by atoms with Crippen LogP contribution in [0, 0.1) is 13.8 Å². The summed E-state index contributed by atoms with van der Waals surface area (Å²) in [5.74, 6) is 2.25. The quantitative estimate of drug-likeness (QED) is 0.780. The maximum atomic E-state index is 6.12. The van der Waals surface area contributed by atoms with Gasteiger partial charge < -0.3 is 10.5 Å². The molecule has 0 spiro atoms. The summed E-state index contributed by atoms with van der Waals surface area (Å²) in [4.78, 5) is 8.68. The van der Waals surface area contributed by atoms with Gasteiger partial charge in [0.2, 0.25) is 0 Å². The molecule has 0 saturated heterocycles. The van der Waals surface area contributed by atoms with E-state index < -0.39 is 0 Å². The van der Waals surface area contributed by atoms with E-state index in [4.69, 9.17) is 10.5 Å². The van der Waals surface area contributed by atoms with Crippen LogP contribution in [0.2, 0.25) is 0 Å². The molecule has 0 saturated carbocycles. The average Bonchev–Trinajstić information content (AvgIpc) is 2.89. The zero-order valence-electron chi connectivity index (χ0n) is 11.0. The number of nitrogen functional groups attached to an aromatic ring is 1. The third kappa shape index (κ3) is 1.76. The molecular formula is C13H14N4OS. The molecule has 0 aliphatic carbocycles. The van der Waals surface area contributed by atoms with Gasteiger partial charge in [-0.25, -0.2) is 9.97 Å². The molecule has 0 fully saturated rings. The Hall–Kier alpha value is -2.08. The summed E-state index contributed by atoms with van der Waals surface area (Å²) >= 11 is 1.59. The molecule has 0 aliphatic heterocycles. The number of aromatic nitrogens is 3. The fourth-order valence-corrected chi connectivity index (χ4v) is 3.19. The fraction of sp³-hybridized carbons (Fsp3) is 0.231. The number of hydrogen-bond donors (Lipinski definition) is 1. The van der Waals surface area contributed by atoms with Crippen LogP contribution in [0.15, 0.2) is 17.6 Å². The van der Waals surface area contributed by atoms with Gasteiger partial charge in [-0.15, -0.1) is 11.3 Å². The molecule has 0 atom stereocenters. The number of fused-ring (bicyclic) bond motifs is 1. The number of aryl methyl sites for hydroxylation is 1. The minimum atomic E-state index is 0.655. The third-order valence-corrected chi connectivity index (χ3v) is 4.12. The van der Waals surface area contributed by atoms with Crippen LogP contribution >= 0.6 is 11.3 Å². The van der Waals surface area contributed by atoms with Crippen molar-refractivity contribution in [2.45, 2.75) is 13.8 Å². The van der Waals surface area contributed by atoms with Crippen LogP contribution in [0.1, 0.15) is 11.4 Å². The summed E-state index contributed by atoms with van der Waals surface area (Å²) in [6.45, 7) is 3.89. The van der Waals surface area contributed by atoms with Crippen LogP contribution < -0.4 is 10.5 Å². The first-order chi connectivity index (χ1) is 9.11. The number of anilines is 1. The number of thiophene rings is 1. The van der Waals surface area contributed by atoms with Gasteiger partial charge in [0, 0.05) is 22.5 Å². The zero-order chi connectivity index (χ0) is 13.6. The third-order valence-electron chi connectivity index (χ3n) is 3.08. The van der Waals surface area contributed by atoms with Gasteiger partial charge in [-0.2, -0.15) is 0 Å². The number of nitrogens with two attached hydrogens (primary N) is 1. The molecule has 0 bridgehead atoms. The SMILES string of the molecule is COc1csc(-n2c(N)cc3cnc(C)nc32)c1C. The molecule has 19 heavy (non-hydrogen) atoms. The Morgan fingerprint density at radius 2 is 2.16 bits per heavy atom. The second-order valence-corrected chi connectivity index (χ2v) is 5.19. The molecule has 5 nitrogen and oxygen atoms in total. The topological polar surface area (TPSA) is 66.0 Å². The smallest absolute Gasteiger partial charge is 0.150 e. The first kappa shape index (κ1) is 12.0. The molecule has 6 heteroatoms. The molecule has 3 aromatic heterocycles. The van der Waals surface area contributed by atoms with E-state index in [0.717, 1.165) is 33.2 Å². The number of rotatable bonds is 2. The standard InChI is InChI=1S/C13H14N4OS/c1-7-10(18-3)6-19-13(7)17-11(14)4-9-5-15-8(2)16-12(9)17/h4-6H,14H2,1-3H3. The summed E-state index contributed by atoms with van der Waals surface area (Å²) < 4.78 is 7.27. The minimum absolute atomic E-state index is 0.655. The first-order valence-corrected chi connectivity index (χ1v) is 6.73. The summed E-state index contributed by atoms with van der Waals surface area (Å²) in [6, 6.07) is 1.89. The molecule has 3 heterocycles. The highest BCUT2D eigenvalue weighted by molar-refractivity contribution is 7.13. The molecule has 3 rings (SSSR count). The molecular weight excluding hydrogens is 260 g/mol. The number of methoxy groups -OCH3 is 1. The molecule has 2 N–H and O–H groups in total. The highest BCUT2D eigenvalue weighted by Crippen LogP contribution is 2.35. The van der Waals surface area contributed by atoms with Crippen molar-refractivity contribution in [1.29, 1.82) is 0 Å². The lowest BCUT2D eigenvalue weighted by atomic mass is 10.3. The van der Waals surface area contributed by atoms with Crippen molar-refractivity contribution in [3.8, 4) is 10.8 Å². The number of nitrogens with zero attached hydrogens (tertiary/aromatic N) is 3. The van der Waals surface area contributed by atoms with E-state index in [0.29, 0.717) is 5.82 Å². The fourth-order valence-electron chi connectivity index (χ4n) is 2.12. The molecule has 0 amide bonds. The van der Waals surface area contributed by atoms with E-state index in [-0.39, 0.29) is 0 Å². The van der Waals surface area contributed by atoms with Crippen LogP contribution in [0.3, 0.4) is 0 Å². The summed E-state index contributed by atoms with van der Waals surface area (Å²) in [7, 11) is 1.67. The lowest BCUT2D eigenvalue weighted by molar-refractivity contribution is 0.413. The van der Waals surface area contributed by atoms with Crippen molar-refractivity contribution in [2.75, 3.05) is 12.8 Å². The van der Waals surface area contributed by atoms with E-state index in [9.17, 15) is 0 Å².